The molecule has 0 spiro atoms. The maximum atomic E-state index is 14.7. The number of carbonyl (C=O) groups excluding carboxylic acids is 1. The number of fused-ring (bicyclic) bond motifs is 3. The maximum absolute atomic E-state index is 14.7. The molecule has 0 N–H and O–H groups in total. The Balaban J connectivity index is 1.53. The highest BCUT2D eigenvalue weighted by Crippen LogP contribution is 2.48. The first-order valence-electron chi connectivity index (χ1n) is 17.0. The molecular formula is C32H41F5N8O4S2Si. The van der Waals surface area contributed by atoms with Crippen molar-refractivity contribution in [2.24, 2.45) is 5.92 Å². The molecule has 4 heterocycles. The standard InChI is InChI=1S/C32H41F5N8O4S2Si/c1-19(2)30(46)45-20-7-8-21(45)16-42(15-20)24-14-22(51(47,48)44(31(38-3)9-10-31)18-49-11-12-52(4,5)6)13-23-25(28-39-40-29(50-28)27(33)34)41-43(26(23)24)17-32(35,36)37/h13-14,19-21,27H,7-12,15-18H2,1-2,4-6H3. The number of sulfonamides is 1. The van der Waals surface area contributed by atoms with Crippen molar-refractivity contribution >= 4 is 51.9 Å². The topological polar surface area (TPSA) is 118 Å². The predicted molar refractivity (Wildman–Crippen MR) is 187 cm³/mol. The fourth-order valence-electron chi connectivity index (χ4n) is 6.87. The summed E-state index contributed by atoms with van der Waals surface area (Å²) in [6.45, 7) is 16.7. The minimum absolute atomic E-state index is 0.0391. The van der Waals surface area contributed by atoms with Crippen LogP contribution in [-0.4, -0.2) is 102 Å². The van der Waals surface area contributed by atoms with E-state index < -0.39 is 54.6 Å². The minimum atomic E-state index is -4.76. The Morgan fingerprint density at radius 3 is 2.33 bits per heavy atom. The summed E-state index contributed by atoms with van der Waals surface area (Å²) in [6, 6.07) is 2.68. The van der Waals surface area contributed by atoms with E-state index in [1.165, 1.54) is 12.1 Å². The van der Waals surface area contributed by atoms with Crippen LogP contribution in [0.3, 0.4) is 0 Å². The summed E-state index contributed by atoms with van der Waals surface area (Å²) >= 11 is 0.448. The number of alkyl halides is 5. The average molecular weight is 789 g/mol. The first kappa shape index (κ1) is 38.5. The highest BCUT2D eigenvalue weighted by Gasteiger charge is 2.61. The van der Waals surface area contributed by atoms with Crippen LogP contribution in [0.1, 0.15) is 51.0 Å². The highest BCUT2D eigenvalue weighted by atomic mass is 32.2. The highest BCUT2D eigenvalue weighted by molar-refractivity contribution is 7.89. The molecule has 6 rings (SSSR count). The molecule has 2 saturated heterocycles. The van der Waals surface area contributed by atoms with Crippen LogP contribution in [0.5, 0.6) is 0 Å². The quantitative estimate of drug-likeness (QED) is 0.0626. The molecule has 3 fully saturated rings. The van der Waals surface area contributed by atoms with E-state index in [2.05, 4.69) is 39.8 Å². The molecular weight excluding hydrogens is 748 g/mol. The lowest BCUT2D eigenvalue weighted by Crippen LogP contribution is -2.57. The van der Waals surface area contributed by atoms with Gasteiger partial charge in [0.15, 0.2) is 10.0 Å². The fraction of sp³-hybridized carbons (Fsp3) is 0.656. The number of benzene rings is 1. The molecule has 0 radical (unpaired) electrons. The first-order chi connectivity index (χ1) is 24.2. The van der Waals surface area contributed by atoms with Crippen LogP contribution >= 0.6 is 11.3 Å². The summed E-state index contributed by atoms with van der Waals surface area (Å²) in [5.74, 6) is -0.311. The normalized spacial score (nSPS) is 20.5. The molecule has 2 unspecified atom stereocenters. The Labute approximate surface area is 303 Å². The third kappa shape index (κ3) is 7.56. The van der Waals surface area contributed by atoms with Crippen LogP contribution in [0.15, 0.2) is 17.0 Å². The number of hydrogen-bond donors (Lipinski definition) is 0. The summed E-state index contributed by atoms with van der Waals surface area (Å²) < 4.78 is 106. The van der Waals surface area contributed by atoms with Crippen molar-refractivity contribution in [3.8, 4) is 10.7 Å². The molecule has 2 bridgehead atoms. The van der Waals surface area contributed by atoms with Gasteiger partial charge in [-0.2, -0.15) is 18.3 Å². The van der Waals surface area contributed by atoms with Crippen LogP contribution in [0, 0.1) is 12.5 Å². The average Bonchev–Trinajstić information content (AvgIpc) is 3.38. The van der Waals surface area contributed by atoms with Crippen LogP contribution in [-0.2, 0) is 26.1 Å². The molecule has 2 aliphatic heterocycles. The van der Waals surface area contributed by atoms with E-state index in [0.717, 1.165) is 10.3 Å². The Kier molecular flexibility index (Phi) is 10.3. The van der Waals surface area contributed by atoms with E-state index in [4.69, 9.17) is 11.3 Å². The van der Waals surface area contributed by atoms with Crippen molar-refractivity contribution < 1.29 is 39.9 Å². The lowest BCUT2D eigenvalue weighted by atomic mass is 10.1. The molecule has 12 nitrogen and oxygen atoms in total. The molecule has 20 heteroatoms. The van der Waals surface area contributed by atoms with E-state index in [1.807, 2.05) is 4.90 Å². The van der Waals surface area contributed by atoms with Crippen LogP contribution in [0.25, 0.3) is 26.4 Å². The third-order valence-electron chi connectivity index (χ3n) is 9.69. The number of anilines is 1. The van der Waals surface area contributed by atoms with Crippen molar-refractivity contribution in [2.45, 2.75) is 107 Å². The van der Waals surface area contributed by atoms with Crippen molar-refractivity contribution in [3.05, 3.63) is 28.6 Å². The lowest BCUT2D eigenvalue weighted by Gasteiger charge is -2.43. The summed E-state index contributed by atoms with van der Waals surface area (Å²) in [7, 11) is -6.10. The van der Waals surface area contributed by atoms with Gasteiger partial charge in [-0.15, -0.1) is 10.2 Å². The molecule has 1 aromatic carbocycles. The SMILES string of the molecule is [C-]#[N+]C1(N(COCC[Si](C)(C)C)S(=O)(=O)c2cc(N3CC4CCC(C3)N4C(=O)C(C)C)c3c(c2)c(-c2nnc(C(F)F)s2)nn3CC(F)(F)F)CC1. The summed E-state index contributed by atoms with van der Waals surface area (Å²) in [4.78, 5) is 20.1. The number of halogens is 5. The van der Waals surface area contributed by atoms with E-state index in [-0.39, 0.29) is 88.6 Å². The molecule has 1 amide bonds. The van der Waals surface area contributed by atoms with Crippen LogP contribution < -0.4 is 4.90 Å². The first-order valence-corrected chi connectivity index (χ1v) is 23.0. The zero-order valence-corrected chi connectivity index (χ0v) is 32.1. The number of carbonyl (C=O) groups is 1. The second-order valence-electron chi connectivity index (χ2n) is 15.2. The number of hydrogen-bond acceptors (Lipinski definition) is 9. The molecule has 2 aromatic heterocycles. The van der Waals surface area contributed by atoms with Gasteiger partial charge in [0.1, 0.15) is 19.0 Å². The monoisotopic (exact) mass is 788 g/mol. The van der Waals surface area contributed by atoms with Gasteiger partial charge in [-0.1, -0.05) is 49.1 Å². The smallest absolute Gasteiger partial charge is 0.366 e. The number of amides is 1. The second kappa shape index (κ2) is 13.9. The molecule has 1 aliphatic carbocycles. The van der Waals surface area contributed by atoms with Gasteiger partial charge in [-0.3, -0.25) is 14.3 Å². The van der Waals surface area contributed by atoms with Gasteiger partial charge < -0.3 is 14.5 Å². The zero-order chi connectivity index (χ0) is 38.0. The van der Waals surface area contributed by atoms with Crippen molar-refractivity contribution in [2.75, 3.05) is 31.3 Å². The van der Waals surface area contributed by atoms with Gasteiger partial charge in [0.05, 0.1) is 28.9 Å². The third-order valence-corrected chi connectivity index (χ3v) is 14.2. The zero-order valence-electron chi connectivity index (χ0n) is 29.5. The number of piperazine rings is 1. The van der Waals surface area contributed by atoms with E-state index >= 15 is 0 Å². The van der Waals surface area contributed by atoms with E-state index in [1.54, 1.807) is 18.7 Å². The van der Waals surface area contributed by atoms with Gasteiger partial charge in [0.2, 0.25) is 5.91 Å². The number of aromatic nitrogens is 4. The Hall–Kier alpha value is -3.25. The molecule has 284 valence electrons. The Morgan fingerprint density at radius 1 is 1.15 bits per heavy atom. The van der Waals surface area contributed by atoms with Crippen molar-refractivity contribution in [1.82, 2.24) is 29.2 Å². The van der Waals surface area contributed by atoms with Gasteiger partial charge in [0, 0.05) is 51.2 Å². The van der Waals surface area contributed by atoms with Crippen molar-refractivity contribution in [3.63, 3.8) is 0 Å². The van der Waals surface area contributed by atoms with Crippen LogP contribution in [0.4, 0.5) is 27.6 Å². The van der Waals surface area contributed by atoms with Crippen LogP contribution in [0.2, 0.25) is 25.7 Å². The number of nitrogens with zero attached hydrogens (tertiary/aromatic N) is 8. The number of rotatable bonds is 13. The summed E-state index contributed by atoms with van der Waals surface area (Å²) in [6.07, 6.45) is -5.90. The molecule has 52 heavy (non-hydrogen) atoms. The van der Waals surface area contributed by atoms with Crippen molar-refractivity contribution in [1.29, 1.82) is 0 Å². The van der Waals surface area contributed by atoms with Gasteiger partial charge in [0.25, 0.3) is 16.4 Å². The van der Waals surface area contributed by atoms with Gasteiger partial charge in [-0.25, -0.2) is 23.8 Å². The fourth-order valence-corrected chi connectivity index (χ4v) is 9.99. The minimum Gasteiger partial charge on any atom is -0.366 e. The number of ether oxygens (including phenoxy) is 1. The van der Waals surface area contributed by atoms with Gasteiger partial charge in [-0.05, 0) is 31.0 Å². The Morgan fingerprint density at radius 2 is 1.81 bits per heavy atom. The van der Waals surface area contributed by atoms with E-state index in [9.17, 15) is 35.2 Å². The molecule has 1 saturated carbocycles. The summed E-state index contributed by atoms with van der Waals surface area (Å²) in [5.41, 5.74) is -1.56. The van der Waals surface area contributed by atoms with E-state index in [0.29, 0.717) is 28.9 Å². The molecule has 3 aliphatic rings. The molecule has 3 aromatic rings. The summed E-state index contributed by atoms with van der Waals surface area (Å²) in [5, 5.41) is 10.6. The largest absolute Gasteiger partial charge is 0.408 e. The molecule has 2 atom stereocenters. The predicted octanol–water partition coefficient (Wildman–Crippen LogP) is 6.60. The Bertz CT molecular complexity index is 1970. The second-order valence-corrected chi connectivity index (χ2v) is 23.7. The van der Waals surface area contributed by atoms with Gasteiger partial charge >= 0.3 is 11.8 Å². The lowest BCUT2D eigenvalue weighted by molar-refractivity contribution is -0.142. The maximum Gasteiger partial charge on any atom is 0.408 e.